The van der Waals surface area contributed by atoms with Gasteiger partial charge >= 0.3 is 0 Å². The lowest BCUT2D eigenvalue weighted by molar-refractivity contribution is -0.122. The van der Waals surface area contributed by atoms with E-state index in [0.29, 0.717) is 11.6 Å². The van der Waals surface area contributed by atoms with Gasteiger partial charge < -0.3 is 15.0 Å². The molecule has 1 saturated carbocycles. The molecular formula is C16H19ClN2O2. The minimum atomic E-state index is -0.200. The number of hydrogen-bond donors (Lipinski definition) is 2. The van der Waals surface area contributed by atoms with E-state index in [1.165, 1.54) is 0 Å². The van der Waals surface area contributed by atoms with Crippen molar-refractivity contribution in [3.8, 4) is 0 Å². The largest absolute Gasteiger partial charge is 0.393 e. The zero-order chi connectivity index (χ0) is 14.8. The van der Waals surface area contributed by atoms with Gasteiger partial charge in [0.1, 0.15) is 6.54 Å². The van der Waals surface area contributed by atoms with Gasteiger partial charge in [0, 0.05) is 22.8 Å². The second-order valence-electron chi connectivity index (χ2n) is 5.72. The fourth-order valence-electron chi connectivity index (χ4n) is 2.94. The maximum absolute atomic E-state index is 12.2. The number of carbonyl (C=O) groups is 1. The van der Waals surface area contributed by atoms with Crippen molar-refractivity contribution >= 4 is 28.4 Å². The standard InChI is InChI=1S/C16H19ClN2O2/c17-12-2-1-11-7-8-19(15(11)9-12)10-16(21)18-13-3-5-14(20)6-4-13/h1-2,7-9,13-14,20H,3-6,10H2,(H,18,21). The van der Waals surface area contributed by atoms with E-state index < -0.39 is 0 Å². The van der Waals surface area contributed by atoms with Crippen molar-refractivity contribution in [3.63, 3.8) is 0 Å². The summed E-state index contributed by atoms with van der Waals surface area (Å²) in [7, 11) is 0. The monoisotopic (exact) mass is 306 g/mol. The third kappa shape index (κ3) is 3.39. The average Bonchev–Trinajstić information content (AvgIpc) is 2.84. The lowest BCUT2D eigenvalue weighted by Crippen LogP contribution is -2.40. The number of hydrogen-bond acceptors (Lipinski definition) is 2. The molecule has 5 heteroatoms. The number of halogens is 1. The van der Waals surface area contributed by atoms with Crippen molar-refractivity contribution in [2.45, 2.75) is 44.4 Å². The molecule has 3 rings (SSSR count). The van der Waals surface area contributed by atoms with Gasteiger partial charge in [-0.3, -0.25) is 4.79 Å². The maximum Gasteiger partial charge on any atom is 0.240 e. The minimum absolute atomic E-state index is 0.00821. The Morgan fingerprint density at radius 1 is 1.29 bits per heavy atom. The number of aliphatic hydroxyl groups is 1. The SMILES string of the molecule is O=C(Cn1ccc2ccc(Cl)cc21)NC1CCC(O)CC1. The Balaban J connectivity index is 1.65. The minimum Gasteiger partial charge on any atom is -0.393 e. The van der Waals surface area contributed by atoms with Gasteiger partial charge in [-0.25, -0.2) is 0 Å². The highest BCUT2D eigenvalue weighted by molar-refractivity contribution is 6.31. The Hall–Kier alpha value is -1.52. The molecule has 0 aliphatic heterocycles. The molecule has 2 N–H and O–H groups in total. The predicted molar refractivity (Wildman–Crippen MR) is 83.4 cm³/mol. The van der Waals surface area contributed by atoms with Crippen molar-refractivity contribution in [2.24, 2.45) is 0 Å². The molecule has 2 aromatic rings. The van der Waals surface area contributed by atoms with Crippen LogP contribution in [0.15, 0.2) is 30.5 Å². The Bertz CT molecular complexity index is 645. The molecule has 4 nitrogen and oxygen atoms in total. The quantitative estimate of drug-likeness (QED) is 0.916. The van der Waals surface area contributed by atoms with Gasteiger partial charge in [0.2, 0.25) is 5.91 Å². The van der Waals surface area contributed by atoms with Gasteiger partial charge in [-0.15, -0.1) is 0 Å². The number of nitrogens with one attached hydrogen (secondary N) is 1. The number of aromatic nitrogens is 1. The summed E-state index contributed by atoms with van der Waals surface area (Å²) in [4.78, 5) is 12.2. The molecule has 1 aromatic heterocycles. The first-order valence-corrected chi connectivity index (χ1v) is 7.71. The van der Waals surface area contributed by atoms with Gasteiger partial charge in [0.25, 0.3) is 0 Å². The summed E-state index contributed by atoms with van der Waals surface area (Å²) in [6, 6.07) is 7.85. The first kappa shape index (κ1) is 14.4. The highest BCUT2D eigenvalue weighted by Gasteiger charge is 2.20. The van der Waals surface area contributed by atoms with Crippen LogP contribution in [-0.2, 0) is 11.3 Å². The molecule has 0 saturated heterocycles. The Kier molecular flexibility index (Phi) is 4.17. The van der Waals surface area contributed by atoms with Crippen LogP contribution >= 0.6 is 11.6 Å². The molecule has 0 unspecified atom stereocenters. The lowest BCUT2D eigenvalue weighted by Gasteiger charge is -2.26. The van der Waals surface area contributed by atoms with E-state index in [0.717, 1.165) is 36.6 Å². The van der Waals surface area contributed by atoms with Crippen LogP contribution in [0.25, 0.3) is 10.9 Å². The van der Waals surface area contributed by atoms with Crippen molar-refractivity contribution in [1.82, 2.24) is 9.88 Å². The summed E-state index contributed by atoms with van der Waals surface area (Å²) in [5.41, 5.74) is 0.969. The number of rotatable bonds is 3. The fraction of sp³-hybridized carbons (Fsp3) is 0.438. The number of aliphatic hydroxyl groups excluding tert-OH is 1. The van der Waals surface area contributed by atoms with E-state index in [4.69, 9.17) is 11.6 Å². The van der Waals surface area contributed by atoms with Crippen molar-refractivity contribution < 1.29 is 9.90 Å². The maximum atomic E-state index is 12.2. The zero-order valence-corrected chi connectivity index (χ0v) is 12.5. The molecule has 1 aliphatic carbocycles. The molecule has 1 aliphatic rings. The van der Waals surface area contributed by atoms with Crippen LogP contribution in [-0.4, -0.2) is 27.7 Å². The average molecular weight is 307 g/mol. The number of benzene rings is 1. The van der Waals surface area contributed by atoms with Crippen molar-refractivity contribution in [2.75, 3.05) is 0 Å². The number of amides is 1. The number of nitrogens with zero attached hydrogens (tertiary/aromatic N) is 1. The molecule has 1 heterocycles. The van der Waals surface area contributed by atoms with E-state index in [-0.39, 0.29) is 18.1 Å². The van der Waals surface area contributed by atoms with Crippen molar-refractivity contribution in [1.29, 1.82) is 0 Å². The van der Waals surface area contributed by atoms with Gasteiger partial charge in [-0.2, -0.15) is 0 Å². The Morgan fingerprint density at radius 3 is 2.81 bits per heavy atom. The smallest absolute Gasteiger partial charge is 0.240 e. The molecule has 0 atom stereocenters. The lowest BCUT2D eigenvalue weighted by atomic mass is 9.93. The Labute approximate surface area is 128 Å². The highest BCUT2D eigenvalue weighted by Crippen LogP contribution is 2.21. The van der Waals surface area contributed by atoms with E-state index in [9.17, 15) is 9.90 Å². The van der Waals surface area contributed by atoms with Crippen LogP contribution in [0, 0.1) is 0 Å². The first-order valence-electron chi connectivity index (χ1n) is 7.33. The predicted octanol–water partition coefficient (Wildman–Crippen LogP) is 2.71. The Morgan fingerprint density at radius 2 is 2.05 bits per heavy atom. The summed E-state index contributed by atoms with van der Waals surface area (Å²) in [6.45, 7) is 0.295. The summed E-state index contributed by atoms with van der Waals surface area (Å²) < 4.78 is 1.91. The number of fused-ring (bicyclic) bond motifs is 1. The second-order valence-corrected chi connectivity index (χ2v) is 6.16. The van der Waals surface area contributed by atoms with Crippen LogP contribution in [0.4, 0.5) is 0 Å². The van der Waals surface area contributed by atoms with Gasteiger partial charge in [0.15, 0.2) is 0 Å². The molecule has 112 valence electrons. The summed E-state index contributed by atoms with van der Waals surface area (Å²) in [5.74, 6) is 0.00821. The van der Waals surface area contributed by atoms with Gasteiger partial charge in [-0.05, 0) is 49.3 Å². The molecule has 0 bridgehead atoms. The zero-order valence-electron chi connectivity index (χ0n) is 11.8. The number of carbonyl (C=O) groups excluding carboxylic acids is 1. The summed E-state index contributed by atoms with van der Waals surface area (Å²) in [5, 5.41) is 14.3. The van der Waals surface area contributed by atoms with Crippen molar-refractivity contribution in [3.05, 3.63) is 35.5 Å². The highest BCUT2D eigenvalue weighted by atomic mass is 35.5. The van der Waals surface area contributed by atoms with E-state index in [1.54, 1.807) is 0 Å². The molecule has 0 radical (unpaired) electrons. The molecule has 1 fully saturated rings. The molecule has 21 heavy (non-hydrogen) atoms. The third-order valence-corrected chi connectivity index (χ3v) is 4.35. The van der Waals surface area contributed by atoms with Crippen LogP contribution < -0.4 is 5.32 Å². The second kappa shape index (κ2) is 6.08. The fourth-order valence-corrected chi connectivity index (χ4v) is 3.11. The van der Waals surface area contributed by atoms with E-state index >= 15 is 0 Å². The summed E-state index contributed by atoms with van der Waals surface area (Å²) in [6.07, 6.45) is 4.95. The van der Waals surface area contributed by atoms with E-state index in [2.05, 4.69) is 5.32 Å². The van der Waals surface area contributed by atoms with Crippen LogP contribution in [0.3, 0.4) is 0 Å². The van der Waals surface area contributed by atoms with Gasteiger partial charge in [-0.1, -0.05) is 17.7 Å². The summed E-state index contributed by atoms with van der Waals surface area (Å²) >= 11 is 6.02. The van der Waals surface area contributed by atoms with Crippen LogP contribution in [0.5, 0.6) is 0 Å². The molecule has 1 aromatic carbocycles. The molecule has 1 amide bonds. The third-order valence-electron chi connectivity index (χ3n) is 4.11. The molecular weight excluding hydrogens is 288 g/mol. The normalized spacial score (nSPS) is 22.4. The molecule has 0 spiro atoms. The first-order chi connectivity index (χ1) is 10.1. The van der Waals surface area contributed by atoms with Crippen LogP contribution in [0.2, 0.25) is 5.02 Å². The van der Waals surface area contributed by atoms with Gasteiger partial charge in [0.05, 0.1) is 6.10 Å². The van der Waals surface area contributed by atoms with E-state index in [1.807, 2.05) is 35.0 Å². The van der Waals surface area contributed by atoms with Crippen LogP contribution in [0.1, 0.15) is 25.7 Å². The topological polar surface area (TPSA) is 54.3 Å².